The van der Waals surface area contributed by atoms with E-state index < -0.39 is 5.41 Å². The zero-order valence-corrected chi connectivity index (χ0v) is 22.5. The van der Waals surface area contributed by atoms with Crippen LogP contribution in [0.5, 0.6) is 0 Å². The van der Waals surface area contributed by atoms with E-state index in [0.29, 0.717) is 52.0 Å². The monoisotopic (exact) mass is 574 g/mol. The summed E-state index contributed by atoms with van der Waals surface area (Å²) in [7, 11) is 1.67. The van der Waals surface area contributed by atoms with Crippen LogP contribution < -0.4 is 16.0 Å². The van der Waals surface area contributed by atoms with Gasteiger partial charge in [0.25, 0.3) is 5.91 Å². The van der Waals surface area contributed by atoms with Crippen molar-refractivity contribution in [2.75, 3.05) is 38.5 Å². The zero-order chi connectivity index (χ0) is 25.4. The quantitative estimate of drug-likeness (QED) is 0.428. The third kappa shape index (κ3) is 4.79. The van der Waals surface area contributed by atoms with Gasteiger partial charge in [0.1, 0.15) is 4.60 Å². The van der Waals surface area contributed by atoms with Crippen LogP contribution in [0.25, 0.3) is 16.7 Å². The Labute approximate surface area is 222 Å². The van der Waals surface area contributed by atoms with Crippen molar-refractivity contribution in [1.82, 2.24) is 35.3 Å². The van der Waals surface area contributed by atoms with Crippen LogP contribution in [0.4, 0.5) is 5.95 Å². The van der Waals surface area contributed by atoms with Crippen LogP contribution >= 0.6 is 27.5 Å². The molecule has 0 radical (unpaired) electrons. The van der Waals surface area contributed by atoms with Gasteiger partial charge in [-0.3, -0.25) is 9.59 Å². The summed E-state index contributed by atoms with van der Waals surface area (Å²) in [5, 5.41) is 15.2. The van der Waals surface area contributed by atoms with Crippen LogP contribution in [0.2, 0.25) is 5.02 Å². The lowest BCUT2D eigenvalue weighted by Gasteiger charge is -2.27. The first-order valence-electron chi connectivity index (χ1n) is 12.0. The van der Waals surface area contributed by atoms with E-state index in [4.69, 9.17) is 16.6 Å². The Bertz CT molecular complexity index is 1320. The average molecular weight is 576 g/mol. The van der Waals surface area contributed by atoms with E-state index in [2.05, 4.69) is 42.0 Å². The molecule has 2 amide bonds. The number of carbonyl (C=O) groups excluding carboxylic acids is 2. The number of piperazine rings is 1. The molecule has 2 atom stereocenters. The normalized spacial score (nSPS) is 22.1. The largest absolute Gasteiger partial charge is 0.359 e. The maximum atomic E-state index is 13.1. The van der Waals surface area contributed by atoms with Crippen molar-refractivity contribution in [2.45, 2.75) is 32.2 Å². The van der Waals surface area contributed by atoms with E-state index in [1.807, 2.05) is 11.8 Å². The number of carbonyl (C=O) groups is 2. The molecular formula is C24H28BrClN8O2. The summed E-state index contributed by atoms with van der Waals surface area (Å²) in [6, 6.07) is 5.31. The number of nitrogens with one attached hydrogen (secondary N) is 3. The van der Waals surface area contributed by atoms with E-state index in [0.717, 1.165) is 31.3 Å². The smallest absolute Gasteiger partial charge is 0.254 e. The molecule has 3 aromatic rings. The van der Waals surface area contributed by atoms with Gasteiger partial charge in [-0.1, -0.05) is 18.5 Å². The average Bonchev–Trinajstić information content (AvgIpc) is 3.43. The number of nitrogens with zero attached hydrogens (tertiary/aromatic N) is 5. The second-order valence-electron chi connectivity index (χ2n) is 9.60. The van der Waals surface area contributed by atoms with Crippen molar-refractivity contribution in [1.29, 1.82) is 0 Å². The number of fused-ring (bicyclic) bond motifs is 1. The molecule has 190 valence electrons. The predicted octanol–water partition coefficient (Wildman–Crippen LogP) is 2.99. The second-order valence-corrected chi connectivity index (χ2v) is 10.8. The van der Waals surface area contributed by atoms with E-state index in [1.54, 1.807) is 36.1 Å². The lowest BCUT2D eigenvalue weighted by atomic mass is 9.87. The molecule has 1 saturated carbocycles. The van der Waals surface area contributed by atoms with Crippen LogP contribution in [0.15, 0.2) is 29.0 Å². The number of aromatic nitrogens is 4. The van der Waals surface area contributed by atoms with Crippen LogP contribution in [-0.2, 0) is 4.79 Å². The summed E-state index contributed by atoms with van der Waals surface area (Å²) in [6.07, 6.45) is 4.05. The Morgan fingerprint density at radius 2 is 2.03 bits per heavy atom. The number of benzene rings is 1. The van der Waals surface area contributed by atoms with Gasteiger partial charge in [-0.15, -0.1) is 0 Å². The fourth-order valence-electron chi connectivity index (χ4n) is 5.04. The number of anilines is 1. The Hall–Kier alpha value is -2.76. The molecule has 1 saturated heterocycles. The number of hydrogen-bond acceptors (Lipinski definition) is 7. The van der Waals surface area contributed by atoms with E-state index in [9.17, 15) is 9.59 Å². The fraction of sp³-hybridized carbons (Fsp3) is 0.458. The van der Waals surface area contributed by atoms with Gasteiger partial charge in [0, 0.05) is 61.5 Å². The molecule has 5 rings (SSSR count). The molecule has 0 spiro atoms. The Morgan fingerprint density at radius 1 is 1.25 bits per heavy atom. The molecule has 12 heteroatoms. The summed E-state index contributed by atoms with van der Waals surface area (Å²) in [5.41, 5.74) is 1.31. The highest BCUT2D eigenvalue weighted by Gasteiger charge is 2.41. The molecule has 36 heavy (non-hydrogen) atoms. The van der Waals surface area contributed by atoms with Crippen LogP contribution in [0.3, 0.4) is 0 Å². The standard InChI is InChI=1S/C24H28BrClN8O2/c1-24(22(36)27-2)4-3-16(12-24)30-23-29-13-18-19(25)32-34(20(18)31-23)17-10-14(9-15(26)11-17)21(35)33-7-5-28-6-8-33/h9-11,13,16,28H,3-8,12H2,1-2H3,(H,27,36)(H,29,30,31)/t16-,24-/m1/s1. The predicted molar refractivity (Wildman–Crippen MR) is 142 cm³/mol. The molecule has 1 aliphatic heterocycles. The summed E-state index contributed by atoms with van der Waals surface area (Å²) in [4.78, 5) is 36.4. The number of hydrogen-bond donors (Lipinski definition) is 3. The maximum Gasteiger partial charge on any atom is 0.254 e. The van der Waals surface area contributed by atoms with Gasteiger partial charge in [-0.05, 0) is 53.4 Å². The first-order chi connectivity index (χ1) is 17.3. The van der Waals surface area contributed by atoms with Gasteiger partial charge in [0.05, 0.1) is 11.1 Å². The molecular weight excluding hydrogens is 548 g/mol. The molecule has 2 aliphatic rings. The molecule has 3 N–H and O–H groups in total. The van der Waals surface area contributed by atoms with Crippen LogP contribution in [0.1, 0.15) is 36.5 Å². The first-order valence-corrected chi connectivity index (χ1v) is 13.2. The maximum absolute atomic E-state index is 13.1. The Kier molecular flexibility index (Phi) is 6.88. The zero-order valence-electron chi connectivity index (χ0n) is 20.1. The van der Waals surface area contributed by atoms with Crippen LogP contribution in [-0.4, -0.2) is 75.7 Å². The molecule has 2 aromatic heterocycles. The van der Waals surface area contributed by atoms with E-state index in [-0.39, 0.29) is 17.9 Å². The SMILES string of the molecule is CNC(=O)[C@]1(C)CC[C@@H](Nc2ncc3c(Br)nn(-c4cc(Cl)cc(C(=O)N5CCNCC5)c4)c3n2)C1. The van der Waals surface area contributed by atoms with Gasteiger partial charge in [0.2, 0.25) is 11.9 Å². The molecule has 0 unspecified atom stereocenters. The molecule has 10 nitrogen and oxygen atoms in total. The highest BCUT2D eigenvalue weighted by molar-refractivity contribution is 9.10. The minimum Gasteiger partial charge on any atom is -0.359 e. The van der Waals surface area contributed by atoms with Gasteiger partial charge in [-0.2, -0.15) is 10.1 Å². The van der Waals surface area contributed by atoms with Gasteiger partial charge in [0.15, 0.2) is 5.65 Å². The summed E-state index contributed by atoms with van der Waals surface area (Å²) in [5.74, 6) is 0.451. The van der Waals surface area contributed by atoms with Crippen molar-refractivity contribution < 1.29 is 9.59 Å². The summed E-state index contributed by atoms with van der Waals surface area (Å²) < 4.78 is 2.25. The molecule has 2 fully saturated rings. The van der Waals surface area contributed by atoms with E-state index >= 15 is 0 Å². The van der Waals surface area contributed by atoms with Crippen molar-refractivity contribution in [3.63, 3.8) is 0 Å². The van der Waals surface area contributed by atoms with E-state index in [1.165, 1.54) is 0 Å². The number of amides is 2. The Morgan fingerprint density at radius 3 is 2.78 bits per heavy atom. The number of rotatable bonds is 5. The third-order valence-corrected chi connectivity index (χ3v) is 7.81. The third-order valence-electron chi connectivity index (χ3n) is 7.01. The topological polar surface area (TPSA) is 117 Å². The first kappa shape index (κ1) is 24.9. The van der Waals surface area contributed by atoms with Gasteiger partial charge in [-0.25, -0.2) is 9.67 Å². The highest BCUT2D eigenvalue weighted by Crippen LogP contribution is 2.39. The van der Waals surface area contributed by atoms with Crippen molar-refractivity contribution in [2.24, 2.45) is 5.41 Å². The van der Waals surface area contributed by atoms with Crippen molar-refractivity contribution in [3.05, 3.63) is 39.6 Å². The summed E-state index contributed by atoms with van der Waals surface area (Å²) >= 11 is 9.94. The van der Waals surface area contributed by atoms with Gasteiger partial charge < -0.3 is 20.9 Å². The fourth-order valence-corrected chi connectivity index (χ4v) is 5.71. The molecule has 1 aliphatic carbocycles. The second kappa shape index (κ2) is 9.95. The lowest BCUT2D eigenvalue weighted by Crippen LogP contribution is -2.46. The summed E-state index contributed by atoms with van der Waals surface area (Å²) in [6.45, 7) is 4.83. The lowest BCUT2D eigenvalue weighted by molar-refractivity contribution is -0.129. The Balaban J connectivity index is 1.44. The van der Waals surface area contributed by atoms with Crippen molar-refractivity contribution >= 4 is 56.3 Å². The minimum atomic E-state index is -0.407. The highest BCUT2D eigenvalue weighted by atomic mass is 79.9. The minimum absolute atomic E-state index is 0.0531. The van der Waals surface area contributed by atoms with Crippen LogP contribution in [0, 0.1) is 5.41 Å². The molecule has 0 bridgehead atoms. The molecule has 1 aromatic carbocycles. The van der Waals surface area contributed by atoms with Crippen molar-refractivity contribution in [3.8, 4) is 5.69 Å². The number of halogens is 2. The molecule has 3 heterocycles. The van der Waals surface area contributed by atoms with Gasteiger partial charge >= 0.3 is 0 Å².